The van der Waals surface area contributed by atoms with Crippen molar-refractivity contribution >= 4 is 22.6 Å². The lowest BCUT2D eigenvalue weighted by Gasteiger charge is -2.35. The molecule has 21 heavy (non-hydrogen) atoms. The molecule has 2 atom stereocenters. The van der Waals surface area contributed by atoms with Crippen molar-refractivity contribution in [2.75, 3.05) is 18.4 Å². The number of aryl methyl sites for hydroxylation is 1. The second kappa shape index (κ2) is 5.41. The number of aromatic amines is 1. The molecule has 2 heterocycles. The van der Waals surface area contributed by atoms with E-state index >= 15 is 0 Å². The Morgan fingerprint density at radius 2 is 2.00 bits per heavy atom. The lowest BCUT2D eigenvalue weighted by molar-refractivity contribution is -0.0530. The van der Waals surface area contributed by atoms with E-state index in [4.69, 9.17) is 4.74 Å². The van der Waals surface area contributed by atoms with Crippen LogP contribution in [0, 0.1) is 6.92 Å². The average Bonchev–Trinajstić information content (AvgIpc) is 2.77. The van der Waals surface area contributed by atoms with Crippen molar-refractivity contribution in [3.05, 3.63) is 30.0 Å². The summed E-state index contributed by atoms with van der Waals surface area (Å²) in [5.41, 5.74) is 3.02. The number of nitrogens with zero attached hydrogens (tertiary/aromatic N) is 1. The van der Waals surface area contributed by atoms with Crippen LogP contribution in [0.25, 0.3) is 10.9 Å². The summed E-state index contributed by atoms with van der Waals surface area (Å²) in [5, 5.41) is 4.08. The van der Waals surface area contributed by atoms with E-state index in [1.807, 2.05) is 43.9 Å². The van der Waals surface area contributed by atoms with Gasteiger partial charge in [0.05, 0.1) is 12.2 Å². The summed E-state index contributed by atoms with van der Waals surface area (Å²) in [6, 6.07) is 7.91. The van der Waals surface area contributed by atoms with Gasteiger partial charge in [-0.25, -0.2) is 4.79 Å². The number of H-pyrrole nitrogens is 1. The smallest absolute Gasteiger partial charge is 0.322 e. The minimum absolute atomic E-state index is 0.0661. The van der Waals surface area contributed by atoms with E-state index < -0.39 is 0 Å². The Balaban J connectivity index is 1.73. The second-order valence-corrected chi connectivity index (χ2v) is 5.85. The summed E-state index contributed by atoms with van der Waals surface area (Å²) >= 11 is 0. The van der Waals surface area contributed by atoms with Crippen LogP contribution in [0.3, 0.4) is 0 Å². The molecular formula is C16H21N3O2. The third-order valence-corrected chi connectivity index (χ3v) is 3.71. The van der Waals surface area contributed by atoms with E-state index in [1.54, 1.807) is 0 Å². The molecule has 3 rings (SSSR count). The van der Waals surface area contributed by atoms with Gasteiger partial charge >= 0.3 is 6.03 Å². The first kappa shape index (κ1) is 13.9. The van der Waals surface area contributed by atoms with E-state index in [-0.39, 0.29) is 18.2 Å². The molecular weight excluding hydrogens is 266 g/mol. The van der Waals surface area contributed by atoms with Crippen LogP contribution in [0.5, 0.6) is 0 Å². The fourth-order valence-corrected chi connectivity index (χ4v) is 2.90. The van der Waals surface area contributed by atoms with Gasteiger partial charge in [-0.15, -0.1) is 0 Å². The highest BCUT2D eigenvalue weighted by molar-refractivity contribution is 5.93. The van der Waals surface area contributed by atoms with Crippen LogP contribution < -0.4 is 5.32 Å². The normalized spacial score (nSPS) is 22.5. The van der Waals surface area contributed by atoms with Gasteiger partial charge < -0.3 is 19.9 Å². The van der Waals surface area contributed by atoms with Gasteiger partial charge in [0.2, 0.25) is 0 Å². The molecule has 112 valence electrons. The summed E-state index contributed by atoms with van der Waals surface area (Å²) in [6.07, 6.45) is 0.156. The number of aromatic nitrogens is 1. The highest BCUT2D eigenvalue weighted by Gasteiger charge is 2.25. The maximum Gasteiger partial charge on any atom is 0.322 e. The zero-order chi connectivity index (χ0) is 15.0. The van der Waals surface area contributed by atoms with Crippen LogP contribution in [-0.2, 0) is 4.74 Å². The topological polar surface area (TPSA) is 57.4 Å². The summed E-state index contributed by atoms with van der Waals surface area (Å²) in [6.45, 7) is 7.26. The van der Waals surface area contributed by atoms with Crippen molar-refractivity contribution in [3.63, 3.8) is 0 Å². The molecule has 2 amide bonds. The van der Waals surface area contributed by atoms with Crippen LogP contribution in [0.1, 0.15) is 19.5 Å². The highest BCUT2D eigenvalue weighted by atomic mass is 16.5. The molecule has 0 radical (unpaired) electrons. The number of benzene rings is 1. The van der Waals surface area contributed by atoms with Crippen LogP contribution >= 0.6 is 0 Å². The monoisotopic (exact) mass is 287 g/mol. The molecule has 1 fully saturated rings. The molecule has 2 N–H and O–H groups in total. The van der Waals surface area contributed by atoms with Crippen molar-refractivity contribution in [1.82, 2.24) is 9.88 Å². The molecule has 2 aromatic rings. The predicted molar refractivity (Wildman–Crippen MR) is 83.6 cm³/mol. The third-order valence-electron chi connectivity index (χ3n) is 3.71. The molecule has 1 saturated heterocycles. The van der Waals surface area contributed by atoms with E-state index in [0.29, 0.717) is 13.1 Å². The lowest BCUT2D eigenvalue weighted by atomic mass is 10.2. The summed E-state index contributed by atoms with van der Waals surface area (Å²) in [5.74, 6) is 0. The first-order valence-corrected chi connectivity index (χ1v) is 7.32. The number of carbonyl (C=O) groups excluding carboxylic acids is 1. The summed E-state index contributed by atoms with van der Waals surface area (Å²) in [7, 11) is 0. The van der Waals surface area contributed by atoms with Crippen molar-refractivity contribution in [3.8, 4) is 0 Å². The molecule has 0 saturated carbocycles. The fraction of sp³-hybridized carbons (Fsp3) is 0.438. The molecule has 5 nitrogen and oxygen atoms in total. The Bertz CT molecular complexity index is 655. The second-order valence-electron chi connectivity index (χ2n) is 5.85. The number of ether oxygens (including phenoxy) is 1. The Kier molecular flexibility index (Phi) is 3.59. The largest absolute Gasteiger partial charge is 0.372 e. The van der Waals surface area contributed by atoms with Crippen molar-refractivity contribution in [2.24, 2.45) is 0 Å². The number of rotatable bonds is 1. The van der Waals surface area contributed by atoms with Gasteiger partial charge in [-0.3, -0.25) is 0 Å². The maximum atomic E-state index is 12.4. The number of morpholine rings is 1. The number of hydrogen-bond donors (Lipinski definition) is 2. The van der Waals surface area contributed by atoms with Crippen LogP contribution in [0.2, 0.25) is 0 Å². The zero-order valence-electron chi connectivity index (χ0n) is 12.6. The van der Waals surface area contributed by atoms with E-state index in [9.17, 15) is 4.79 Å². The van der Waals surface area contributed by atoms with E-state index in [1.165, 1.54) is 0 Å². The average molecular weight is 287 g/mol. The fourth-order valence-electron chi connectivity index (χ4n) is 2.90. The van der Waals surface area contributed by atoms with Gasteiger partial charge in [0.15, 0.2) is 0 Å². The molecule has 1 aliphatic rings. The number of fused-ring (bicyclic) bond motifs is 1. The molecule has 1 aromatic heterocycles. The molecule has 1 aromatic carbocycles. The van der Waals surface area contributed by atoms with Gasteiger partial charge in [0, 0.05) is 35.4 Å². The van der Waals surface area contributed by atoms with Gasteiger partial charge in [0.25, 0.3) is 0 Å². The lowest BCUT2D eigenvalue weighted by Crippen LogP contribution is -2.49. The quantitative estimate of drug-likeness (QED) is 0.846. The van der Waals surface area contributed by atoms with E-state index in [2.05, 4.69) is 16.4 Å². The molecule has 0 spiro atoms. The maximum absolute atomic E-state index is 12.4. The molecule has 0 bridgehead atoms. The Hall–Kier alpha value is -2.01. The number of carbonyl (C=O) groups is 1. The first-order valence-electron chi connectivity index (χ1n) is 7.32. The predicted octanol–water partition coefficient (Wildman–Crippen LogP) is 3.12. The Labute approximate surface area is 124 Å². The number of nitrogens with one attached hydrogen (secondary N) is 2. The Morgan fingerprint density at radius 1 is 1.29 bits per heavy atom. The number of anilines is 1. The molecule has 1 aliphatic heterocycles. The minimum atomic E-state index is -0.0661. The van der Waals surface area contributed by atoms with Crippen molar-refractivity contribution in [2.45, 2.75) is 33.0 Å². The van der Waals surface area contributed by atoms with Gasteiger partial charge in [0.1, 0.15) is 0 Å². The summed E-state index contributed by atoms with van der Waals surface area (Å²) < 4.78 is 5.65. The van der Waals surface area contributed by atoms with Gasteiger partial charge in [-0.1, -0.05) is 0 Å². The zero-order valence-corrected chi connectivity index (χ0v) is 12.6. The van der Waals surface area contributed by atoms with Gasteiger partial charge in [-0.05, 0) is 45.0 Å². The third kappa shape index (κ3) is 3.03. The van der Waals surface area contributed by atoms with Crippen LogP contribution in [0.15, 0.2) is 24.3 Å². The van der Waals surface area contributed by atoms with Gasteiger partial charge in [-0.2, -0.15) is 0 Å². The minimum Gasteiger partial charge on any atom is -0.372 e. The van der Waals surface area contributed by atoms with Crippen LogP contribution in [-0.4, -0.2) is 41.2 Å². The van der Waals surface area contributed by atoms with Crippen molar-refractivity contribution < 1.29 is 9.53 Å². The SMILES string of the molecule is Cc1cc2cc(NC(=O)N3C[C@@H](C)O[C@@H](C)C3)ccc2[nH]1. The highest BCUT2D eigenvalue weighted by Crippen LogP contribution is 2.20. The van der Waals surface area contributed by atoms with Crippen LogP contribution in [0.4, 0.5) is 10.5 Å². The molecule has 5 heteroatoms. The van der Waals surface area contributed by atoms with E-state index in [0.717, 1.165) is 22.3 Å². The number of amides is 2. The Morgan fingerprint density at radius 3 is 2.71 bits per heavy atom. The molecule has 0 aliphatic carbocycles. The molecule has 0 unspecified atom stereocenters. The summed E-state index contributed by atoms with van der Waals surface area (Å²) in [4.78, 5) is 17.4. The number of urea groups is 1. The first-order chi connectivity index (χ1) is 10.0. The number of hydrogen-bond acceptors (Lipinski definition) is 2. The standard InChI is InChI=1S/C16H21N3O2/c1-10-6-13-7-14(4-5-15(13)17-10)18-16(20)19-8-11(2)21-12(3)9-19/h4-7,11-12,17H,8-9H2,1-3H3,(H,18,20)/t11-,12+. The van der Waals surface area contributed by atoms with Crippen molar-refractivity contribution in [1.29, 1.82) is 0 Å².